The molecule has 2 aromatic carbocycles. The first-order valence-corrected chi connectivity index (χ1v) is 12.9. The Bertz CT molecular complexity index is 1110. The number of hydrogen-bond donors (Lipinski definition) is 3. The van der Waals surface area contributed by atoms with E-state index in [-0.39, 0.29) is 31.0 Å². The monoisotopic (exact) mass is 520 g/mol. The molecule has 0 aromatic heterocycles. The smallest absolute Gasteiger partial charge is 0.408 e. The summed E-state index contributed by atoms with van der Waals surface area (Å²) in [5.41, 5.74) is 1.60. The maximum absolute atomic E-state index is 13.2. The molecule has 1 fully saturated rings. The minimum atomic E-state index is -0.858. The van der Waals surface area contributed by atoms with Crippen LogP contribution in [0.3, 0.4) is 0 Å². The number of amides is 3. The Kier molecular flexibility index (Phi) is 10.1. The zero-order valence-electron chi connectivity index (χ0n) is 22.2. The summed E-state index contributed by atoms with van der Waals surface area (Å²) in [5.74, 6) is -0.311. The largest absolute Gasteiger partial charge is 0.445 e. The lowest BCUT2D eigenvalue weighted by Crippen LogP contribution is -2.52. The second kappa shape index (κ2) is 13.5. The molecule has 9 nitrogen and oxygen atoms in total. The van der Waals surface area contributed by atoms with Crippen molar-refractivity contribution in [2.75, 3.05) is 0 Å². The fourth-order valence-corrected chi connectivity index (χ4v) is 4.23. The van der Waals surface area contributed by atoms with Crippen molar-refractivity contribution in [1.29, 1.82) is 5.26 Å². The summed E-state index contributed by atoms with van der Waals surface area (Å²) in [4.78, 5) is 37.9. The molecule has 0 radical (unpaired) electrons. The van der Waals surface area contributed by atoms with Gasteiger partial charge in [0.25, 0.3) is 0 Å². The number of hydrogen-bond acceptors (Lipinski definition) is 6. The third kappa shape index (κ3) is 9.77. The standard InChI is InChI=1S/C29H36N4O5/c1-29(2,3)38-28(36)32-24-15-13-23(14-16-24)31-26(34)25(17-20-9-11-21(18-30)12-10-20)33-27(35)37-19-22-7-5-4-6-8-22/h4-12,23-25H,13-17,19H2,1-3H3,(H,31,34)(H,32,36)(H,33,35)/t23?,24?,25-/m1/s1. The molecule has 1 aliphatic rings. The molecule has 0 heterocycles. The van der Waals surface area contributed by atoms with Gasteiger partial charge in [-0.15, -0.1) is 0 Å². The summed E-state index contributed by atoms with van der Waals surface area (Å²) in [6, 6.07) is 17.3. The molecule has 0 spiro atoms. The Morgan fingerprint density at radius 2 is 1.50 bits per heavy atom. The van der Waals surface area contributed by atoms with Gasteiger partial charge < -0.3 is 25.4 Å². The number of carbonyl (C=O) groups is 3. The summed E-state index contributed by atoms with van der Waals surface area (Å²) >= 11 is 0. The number of benzene rings is 2. The van der Waals surface area contributed by atoms with Gasteiger partial charge in [-0.1, -0.05) is 42.5 Å². The van der Waals surface area contributed by atoms with Gasteiger partial charge in [0, 0.05) is 18.5 Å². The SMILES string of the molecule is CC(C)(C)OC(=O)NC1CCC(NC(=O)[C@@H](Cc2ccc(C#N)cc2)NC(=O)OCc2ccccc2)CC1. The van der Waals surface area contributed by atoms with Crippen LogP contribution in [0.25, 0.3) is 0 Å². The molecule has 9 heteroatoms. The van der Waals surface area contributed by atoms with E-state index in [0.29, 0.717) is 31.2 Å². The van der Waals surface area contributed by atoms with Crippen LogP contribution in [0.2, 0.25) is 0 Å². The molecule has 0 aliphatic heterocycles. The lowest BCUT2D eigenvalue weighted by molar-refractivity contribution is -0.124. The van der Waals surface area contributed by atoms with Crippen molar-refractivity contribution in [3.05, 3.63) is 71.3 Å². The maximum Gasteiger partial charge on any atom is 0.408 e. The normalized spacial score (nSPS) is 17.8. The number of nitriles is 1. The van der Waals surface area contributed by atoms with Crippen molar-refractivity contribution in [1.82, 2.24) is 16.0 Å². The van der Waals surface area contributed by atoms with Crippen LogP contribution in [0.1, 0.15) is 63.1 Å². The second-order valence-corrected chi connectivity index (χ2v) is 10.5. The van der Waals surface area contributed by atoms with Crippen LogP contribution in [-0.4, -0.2) is 41.8 Å². The van der Waals surface area contributed by atoms with Gasteiger partial charge in [-0.3, -0.25) is 4.79 Å². The lowest BCUT2D eigenvalue weighted by atomic mass is 9.91. The average Bonchev–Trinajstić information content (AvgIpc) is 2.88. The molecule has 202 valence electrons. The maximum atomic E-state index is 13.2. The molecule has 3 amide bonds. The Morgan fingerprint density at radius 3 is 2.08 bits per heavy atom. The van der Waals surface area contributed by atoms with Crippen molar-refractivity contribution in [2.45, 2.75) is 83.2 Å². The second-order valence-electron chi connectivity index (χ2n) is 10.5. The number of rotatable bonds is 8. The zero-order valence-corrected chi connectivity index (χ0v) is 22.2. The van der Waals surface area contributed by atoms with Gasteiger partial charge >= 0.3 is 12.2 Å². The molecule has 38 heavy (non-hydrogen) atoms. The van der Waals surface area contributed by atoms with E-state index in [4.69, 9.17) is 14.7 Å². The summed E-state index contributed by atoms with van der Waals surface area (Å²) in [6.07, 6.45) is 1.91. The Hall–Kier alpha value is -4.06. The van der Waals surface area contributed by atoms with Gasteiger partial charge in [-0.05, 0) is 69.7 Å². The van der Waals surface area contributed by atoms with Crippen LogP contribution in [-0.2, 0) is 27.3 Å². The fourth-order valence-electron chi connectivity index (χ4n) is 4.23. The number of ether oxygens (including phenoxy) is 2. The van der Waals surface area contributed by atoms with E-state index in [2.05, 4.69) is 22.0 Å². The summed E-state index contributed by atoms with van der Waals surface area (Å²) < 4.78 is 10.7. The van der Waals surface area contributed by atoms with Gasteiger partial charge in [0.2, 0.25) is 5.91 Å². The number of alkyl carbamates (subject to hydrolysis) is 2. The summed E-state index contributed by atoms with van der Waals surface area (Å²) in [5, 5.41) is 17.7. The van der Waals surface area contributed by atoms with E-state index in [1.54, 1.807) is 24.3 Å². The molecule has 1 aliphatic carbocycles. The van der Waals surface area contributed by atoms with Crippen LogP contribution in [0.4, 0.5) is 9.59 Å². The number of nitrogens with one attached hydrogen (secondary N) is 3. The predicted octanol–water partition coefficient (Wildman–Crippen LogP) is 4.35. The van der Waals surface area contributed by atoms with Crippen LogP contribution in [0.15, 0.2) is 54.6 Å². The molecule has 3 rings (SSSR count). The van der Waals surface area contributed by atoms with E-state index < -0.39 is 23.8 Å². The minimum absolute atomic E-state index is 0.0152. The Labute approximate surface area is 223 Å². The fraction of sp³-hybridized carbons (Fsp3) is 0.448. The average molecular weight is 521 g/mol. The third-order valence-electron chi connectivity index (χ3n) is 6.14. The minimum Gasteiger partial charge on any atom is -0.445 e. The molecular formula is C29H36N4O5. The van der Waals surface area contributed by atoms with Crippen LogP contribution < -0.4 is 16.0 Å². The van der Waals surface area contributed by atoms with Crippen molar-refractivity contribution >= 4 is 18.1 Å². The number of carbonyl (C=O) groups excluding carboxylic acids is 3. The molecule has 1 atom stereocenters. The van der Waals surface area contributed by atoms with E-state index in [0.717, 1.165) is 11.1 Å². The molecule has 1 saturated carbocycles. The highest BCUT2D eigenvalue weighted by Gasteiger charge is 2.28. The number of nitrogens with zero attached hydrogens (tertiary/aromatic N) is 1. The first kappa shape index (κ1) is 28.5. The highest BCUT2D eigenvalue weighted by atomic mass is 16.6. The molecule has 0 unspecified atom stereocenters. The summed E-state index contributed by atoms with van der Waals surface area (Å²) in [7, 11) is 0. The van der Waals surface area contributed by atoms with Gasteiger partial charge in [-0.25, -0.2) is 9.59 Å². The van der Waals surface area contributed by atoms with Crippen LogP contribution >= 0.6 is 0 Å². The third-order valence-corrected chi connectivity index (χ3v) is 6.14. The first-order valence-electron chi connectivity index (χ1n) is 12.9. The van der Waals surface area contributed by atoms with Crippen LogP contribution in [0.5, 0.6) is 0 Å². The van der Waals surface area contributed by atoms with Gasteiger partial charge in [-0.2, -0.15) is 5.26 Å². The quantitative estimate of drug-likeness (QED) is 0.475. The Morgan fingerprint density at radius 1 is 0.895 bits per heavy atom. The van der Waals surface area contributed by atoms with Crippen molar-refractivity contribution in [2.24, 2.45) is 0 Å². The van der Waals surface area contributed by atoms with E-state index >= 15 is 0 Å². The highest BCUT2D eigenvalue weighted by molar-refractivity contribution is 5.86. The predicted molar refractivity (Wildman–Crippen MR) is 142 cm³/mol. The lowest BCUT2D eigenvalue weighted by Gasteiger charge is -2.31. The van der Waals surface area contributed by atoms with E-state index in [9.17, 15) is 14.4 Å². The molecular weight excluding hydrogens is 484 g/mol. The highest BCUT2D eigenvalue weighted by Crippen LogP contribution is 2.20. The first-order chi connectivity index (χ1) is 18.1. The van der Waals surface area contributed by atoms with Crippen molar-refractivity contribution in [3.8, 4) is 6.07 Å². The van der Waals surface area contributed by atoms with Gasteiger partial charge in [0.05, 0.1) is 11.6 Å². The molecule has 3 N–H and O–H groups in total. The van der Waals surface area contributed by atoms with Crippen LogP contribution in [0, 0.1) is 11.3 Å². The summed E-state index contributed by atoms with van der Waals surface area (Å²) in [6.45, 7) is 5.54. The topological polar surface area (TPSA) is 130 Å². The Balaban J connectivity index is 1.56. The van der Waals surface area contributed by atoms with Crippen molar-refractivity contribution < 1.29 is 23.9 Å². The molecule has 0 saturated heterocycles. The zero-order chi connectivity index (χ0) is 27.5. The molecule has 2 aromatic rings. The molecule has 0 bridgehead atoms. The van der Waals surface area contributed by atoms with E-state index in [1.165, 1.54) is 0 Å². The van der Waals surface area contributed by atoms with E-state index in [1.807, 2.05) is 51.1 Å². The van der Waals surface area contributed by atoms with Crippen molar-refractivity contribution in [3.63, 3.8) is 0 Å². The van der Waals surface area contributed by atoms with Gasteiger partial charge in [0.15, 0.2) is 0 Å². The van der Waals surface area contributed by atoms with Gasteiger partial charge in [0.1, 0.15) is 18.2 Å².